The zero-order valence-corrected chi connectivity index (χ0v) is 9.33. The van der Waals surface area contributed by atoms with Gasteiger partial charge >= 0.3 is 0 Å². The molecule has 4 heteroatoms. The summed E-state index contributed by atoms with van der Waals surface area (Å²) in [6.07, 6.45) is 4.40. The third-order valence-corrected chi connectivity index (χ3v) is 3.95. The van der Waals surface area contributed by atoms with E-state index in [2.05, 4.69) is 16.8 Å². The van der Waals surface area contributed by atoms with Crippen LogP contribution in [0.5, 0.6) is 0 Å². The topological polar surface area (TPSA) is 42.2 Å². The van der Waals surface area contributed by atoms with Crippen LogP contribution >= 0.6 is 11.3 Å². The van der Waals surface area contributed by atoms with Crippen LogP contribution in [-0.2, 0) is 0 Å². The highest BCUT2D eigenvalue weighted by Crippen LogP contribution is 2.29. The van der Waals surface area contributed by atoms with E-state index in [0.29, 0.717) is 12.1 Å². The molecule has 0 aromatic carbocycles. The van der Waals surface area contributed by atoms with Crippen molar-refractivity contribution in [3.05, 3.63) is 16.6 Å². The number of rotatable bonds is 3. The molecule has 0 radical (unpaired) electrons. The third-order valence-electron chi connectivity index (χ3n) is 3.00. The van der Waals surface area contributed by atoms with Gasteiger partial charge in [0.1, 0.15) is 5.01 Å². The van der Waals surface area contributed by atoms with Gasteiger partial charge in [-0.1, -0.05) is 0 Å². The Balaban J connectivity index is 2.07. The summed E-state index contributed by atoms with van der Waals surface area (Å²) >= 11 is 1.74. The van der Waals surface area contributed by atoms with Crippen molar-refractivity contribution in [1.82, 2.24) is 9.88 Å². The Morgan fingerprint density at radius 3 is 3.29 bits per heavy atom. The quantitative estimate of drug-likeness (QED) is 0.826. The first-order valence-corrected chi connectivity index (χ1v) is 6.06. The standard InChI is InChI=1S/C10H17N3S/c1-8(10-12-4-6-14-10)13-5-2-3-9(13)7-11/h4,6,8-9H,2-3,5,7,11H2,1H3/t8-,9-/m0/s1. The number of nitrogens with zero attached hydrogens (tertiary/aromatic N) is 2. The van der Waals surface area contributed by atoms with E-state index in [1.807, 2.05) is 11.6 Å². The summed E-state index contributed by atoms with van der Waals surface area (Å²) in [4.78, 5) is 6.85. The van der Waals surface area contributed by atoms with Gasteiger partial charge in [-0.15, -0.1) is 11.3 Å². The lowest BCUT2D eigenvalue weighted by atomic mass is 10.2. The average Bonchev–Trinajstić information content (AvgIpc) is 2.87. The molecule has 0 spiro atoms. The summed E-state index contributed by atoms with van der Waals surface area (Å²) in [5.74, 6) is 0. The fourth-order valence-corrected chi connectivity index (χ4v) is 2.92. The highest BCUT2D eigenvalue weighted by atomic mass is 32.1. The van der Waals surface area contributed by atoms with Crippen molar-refractivity contribution < 1.29 is 0 Å². The molecule has 2 rings (SSSR count). The van der Waals surface area contributed by atoms with E-state index in [-0.39, 0.29) is 0 Å². The van der Waals surface area contributed by atoms with E-state index in [9.17, 15) is 0 Å². The van der Waals surface area contributed by atoms with Gasteiger partial charge in [0.15, 0.2) is 0 Å². The Labute approximate surface area is 88.9 Å². The van der Waals surface area contributed by atoms with E-state index in [4.69, 9.17) is 5.73 Å². The van der Waals surface area contributed by atoms with Crippen molar-refractivity contribution in [2.45, 2.75) is 31.8 Å². The first-order chi connectivity index (χ1) is 6.83. The predicted molar refractivity (Wildman–Crippen MR) is 59.3 cm³/mol. The lowest BCUT2D eigenvalue weighted by molar-refractivity contribution is 0.196. The Kier molecular flexibility index (Phi) is 3.15. The Morgan fingerprint density at radius 1 is 1.79 bits per heavy atom. The van der Waals surface area contributed by atoms with Gasteiger partial charge in [0.05, 0.1) is 6.04 Å². The zero-order valence-electron chi connectivity index (χ0n) is 8.52. The van der Waals surface area contributed by atoms with Crippen LogP contribution in [-0.4, -0.2) is 29.0 Å². The molecule has 14 heavy (non-hydrogen) atoms. The van der Waals surface area contributed by atoms with Crippen molar-refractivity contribution in [3.8, 4) is 0 Å². The summed E-state index contributed by atoms with van der Waals surface area (Å²) in [6.45, 7) is 4.17. The van der Waals surface area contributed by atoms with Gasteiger partial charge in [0, 0.05) is 24.2 Å². The van der Waals surface area contributed by atoms with Crippen molar-refractivity contribution in [2.75, 3.05) is 13.1 Å². The van der Waals surface area contributed by atoms with Gasteiger partial charge in [0.25, 0.3) is 0 Å². The molecule has 1 saturated heterocycles. The molecule has 2 heterocycles. The van der Waals surface area contributed by atoms with Gasteiger partial charge < -0.3 is 5.73 Å². The molecule has 0 bridgehead atoms. The minimum absolute atomic E-state index is 0.436. The molecule has 0 saturated carbocycles. The van der Waals surface area contributed by atoms with Crippen LogP contribution in [0.2, 0.25) is 0 Å². The fraction of sp³-hybridized carbons (Fsp3) is 0.700. The minimum atomic E-state index is 0.436. The second-order valence-corrected chi connectivity index (χ2v) is 4.74. The molecule has 0 amide bonds. The minimum Gasteiger partial charge on any atom is -0.329 e. The van der Waals surface area contributed by atoms with E-state index in [0.717, 1.165) is 6.54 Å². The largest absolute Gasteiger partial charge is 0.329 e. The SMILES string of the molecule is C[C@@H](c1nccs1)N1CCC[C@H]1CN. The molecule has 1 aliphatic heterocycles. The second kappa shape index (κ2) is 4.38. The number of aromatic nitrogens is 1. The predicted octanol–water partition coefficient (Wildman–Crippen LogP) is 1.63. The number of thiazole rings is 1. The summed E-state index contributed by atoms with van der Waals surface area (Å²) < 4.78 is 0. The molecule has 1 fully saturated rings. The normalized spacial score (nSPS) is 25.4. The van der Waals surface area contributed by atoms with E-state index in [1.54, 1.807) is 11.3 Å². The molecule has 2 atom stereocenters. The van der Waals surface area contributed by atoms with Gasteiger partial charge in [-0.3, -0.25) is 4.90 Å². The highest BCUT2D eigenvalue weighted by Gasteiger charge is 2.28. The maximum Gasteiger partial charge on any atom is 0.109 e. The van der Waals surface area contributed by atoms with Crippen LogP contribution in [0.25, 0.3) is 0 Å². The van der Waals surface area contributed by atoms with Crippen molar-refractivity contribution in [2.24, 2.45) is 5.73 Å². The van der Waals surface area contributed by atoms with E-state index < -0.39 is 0 Å². The van der Waals surface area contributed by atoms with Gasteiger partial charge in [-0.2, -0.15) is 0 Å². The molecule has 2 N–H and O–H groups in total. The van der Waals surface area contributed by atoms with Crippen molar-refractivity contribution >= 4 is 11.3 Å². The highest BCUT2D eigenvalue weighted by molar-refractivity contribution is 7.09. The Hall–Kier alpha value is -0.450. The maximum absolute atomic E-state index is 5.76. The van der Waals surface area contributed by atoms with Crippen LogP contribution < -0.4 is 5.73 Å². The lowest BCUT2D eigenvalue weighted by Gasteiger charge is -2.28. The van der Waals surface area contributed by atoms with Crippen LogP contribution in [0, 0.1) is 0 Å². The Morgan fingerprint density at radius 2 is 2.64 bits per heavy atom. The maximum atomic E-state index is 5.76. The Bertz CT molecular complexity index is 273. The monoisotopic (exact) mass is 211 g/mol. The van der Waals surface area contributed by atoms with Crippen LogP contribution in [0.4, 0.5) is 0 Å². The average molecular weight is 211 g/mol. The number of likely N-dealkylation sites (tertiary alicyclic amines) is 1. The summed E-state index contributed by atoms with van der Waals surface area (Å²) in [5.41, 5.74) is 5.76. The van der Waals surface area contributed by atoms with Crippen LogP contribution in [0.15, 0.2) is 11.6 Å². The zero-order chi connectivity index (χ0) is 9.97. The molecule has 0 unspecified atom stereocenters. The molecular formula is C10H17N3S. The first-order valence-electron chi connectivity index (χ1n) is 5.18. The lowest BCUT2D eigenvalue weighted by Crippen LogP contribution is -2.37. The van der Waals surface area contributed by atoms with Crippen molar-refractivity contribution in [1.29, 1.82) is 0 Å². The summed E-state index contributed by atoms with van der Waals surface area (Å²) in [5, 5.41) is 3.25. The van der Waals surface area contributed by atoms with E-state index >= 15 is 0 Å². The number of nitrogens with two attached hydrogens (primary N) is 1. The molecule has 1 aromatic rings. The summed E-state index contributed by atoms with van der Waals surface area (Å²) in [6, 6.07) is 1.000. The molecule has 78 valence electrons. The number of hydrogen-bond donors (Lipinski definition) is 1. The smallest absolute Gasteiger partial charge is 0.109 e. The number of hydrogen-bond acceptors (Lipinski definition) is 4. The van der Waals surface area contributed by atoms with Gasteiger partial charge in [-0.25, -0.2) is 4.98 Å². The molecule has 1 aromatic heterocycles. The second-order valence-electron chi connectivity index (χ2n) is 3.82. The molecular weight excluding hydrogens is 194 g/mol. The fourth-order valence-electron chi connectivity index (χ4n) is 2.20. The van der Waals surface area contributed by atoms with E-state index in [1.165, 1.54) is 24.4 Å². The van der Waals surface area contributed by atoms with Crippen molar-refractivity contribution in [3.63, 3.8) is 0 Å². The van der Waals surface area contributed by atoms with Crippen LogP contribution in [0.3, 0.4) is 0 Å². The van der Waals surface area contributed by atoms with Gasteiger partial charge in [-0.05, 0) is 26.3 Å². The molecule has 0 aliphatic carbocycles. The third kappa shape index (κ3) is 1.82. The summed E-state index contributed by atoms with van der Waals surface area (Å²) in [7, 11) is 0. The van der Waals surface area contributed by atoms with Crippen LogP contribution in [0.1, 0.15) is 30.8 Å². The molecule has 3 nitrogen and oxygen atoms in total. The molecule has 1 aliphatic rings. The first kappa shape index (κ1) is 10.1. The van der Waals surface area contributed by atoms with Gasteiger partial charge in [0.2, 0.25) is 0 Å².